The minimum absolute atomic E-state index is 0.227. The number of hydrogen-bond acceptors (Lipinski definition) is 2. The van der Waals surface area contributed by atoms with Crippen LogP contribution in [-0.4, -0.2) is 22.0 Å². The first-order valence-corrected chi connectivity index (χ1v) is 10.0. The number of imidazole rings is 1. The van der Waals surface area contributed by atoms with Crippen LogP contribution in [-0.2, 0) is 17.8 Å². The van der Waals surface area contributed by atoms with E-state index in [0.29, 0.717) is 6.54 Å². The highest BCUT2D eigenvalue weighted by atomic mass is 16.2. The fraction of sp³-hybridized carbons (Fsp3) is 0.619. The van der Waals surface area contributed by atoms with E-state index in [1.165, 1.54) is 44.0 Å². The molecule has 1 aromatic heterocycles. The third-order valence-corrected chi connectivity index (χ3v) is 5.82. The lowest BCUT2D eigenvalue weighted by Crippen LogP contribution is -2.27. The molecule has 4 rings (SSSR count). The van der Waals surface area contributed by atoms with Crippen LogP contribution < -0.4 is 5.32 Å². The molecule has 2 aliphatic rings. The van der Waals surface area contributed by atoms with E-state index in [2.05, 4.69) is 34.1 Å². The zero-order chi connectivity index (χ0) is 17.1. The summed E-state index contributed by atoms with van der Waals surface area (Å²) in [4.78, 5) is 16.7. The Kier molecular flexibility index (Phi) is 5.04. The number of amides is 1. The molecule has 0 saturated heterocycles. The highest BCUT2D eigenvalue weighted by molar-refractivity contribution is 5.80. The van der Waals surface area contributed by atoms with Crippen LogP contribution in [0.2, 0.25) is 0 Å². The number of hydrogen-bond donors (Lipinski definition) is 1. The predicted molar refractivity (Wildman–Crippen MR) is 100 cm³/mol. The standard InChI is InChI=1S/C21H29N3O/c25-21(17-10-11-17)22-14-12-20-23-18-8-4-5-9-19(18)24(20)15-13-16-6-2-1-3-7-16/h4-5,8-9,16-17H,1-3,6-7,10-15H2,(H,22,25). The number of rotatable bonds is 7. The number of aromatic nitrogens is 2. The smallest absolute Gasteiger partial charge is 0.223 e. The Morgan fingerprint density at radius 1 is 1.12 bits per heavy atom. The Labute approximate surface area is 150 Å². The molecule has 1 aromatic carbocycles. The zero-order valence-corrected chi connectivity index (χ0v) is 15.0. The zero-order valence-electron chi connectivity index (χ0n) is 15.0. The topological polar surface area (TPSA) is 46.9 Å². The van der Waals surface area contributed by atoms with Crippen LogP contribution in [0.1, 0.15) is 57.2 Å². The maximum Gasteiger partial charge on any atom is 0.223 e. The van der Waals surface area contributed by atoms with E-state index in [-0.39, 0.29) is 11.8 Å². The number of nitrogens with zero attached hydrogens (tertiary/aromatic N) is 2. The number of benzene rings is 1. The number of carbonyl (C=O) groups is 1. The number of aryl methyl sites for hydroxylation is 1. The van der Waals surface area contributed by atoms with Gasteiger partial charge in [-0.3, -0.25) is 4.79 Å². The Morgan fingerprint density at radius 2 is 1.92 bits per heavy atom. The average molecular weight is 339 g/mol. The summed E-state index contributed by atoms with van der Waals surface area (Å²) in [5.74, 6) is 2.50. The van der Waals surface area contributed by atoms with Gasteiger partial charge in [0.2, 0.25) is 5.91 Å². The van der Waals surface area contributed by atoms with Gasteiger partial charge in [0.15, 0.2) is 0 Å². The van der Waals surface area contributed by atoms with Crippen LogP contribution in [0, 0.1) is 11.8 Å². The van der Waals surface area contributed by atoms with Gasteiger partial charge in [0.05, 0.1) is 11.0 Å². The van der Waals surface area contributed by atoms with Crippen molar-refractivity contribution >= 4 is 16.9 Å². The Hall–Kier alpha value is -1.84. The number of carbonyl (C=O) groups excluding carboxylic acids is 1. The highest BCUT2D eigenvalue weighted by Gasteiger charge is 2.29. The van der Waals surface area contributed by atoms with Gasteiger partial charge in [-0.05, 0) is 37.3 Å². The van der Waals surface area contributed by atoms with E-state index < -0.39 is 0 Å². The molecule has 2 fully saturated rings. The van der Waals surface area contributed by atoms with Crippen molar-refractivity contribution in [2.24, 2.45) is 11.8 Å². The molecule has 134 valence electrons. The van der Waals surface area contributed by atoms with Crippen molar-refractivity contribution < 1.29 is 4.79 Å². The lowest BCUT2D eigenvalue weighted by molar-refractivity contribution is -0.122. The van der Waals surface area contributed by atoms with Crippen molar-refractivity contribution in [2.75, 3.05) is 6.54 Å². The second-order valence-corrected chi connectivity index (χ2v) is 7.78. The molecule has 1 N–H and O–H groups in total. The Bertz CT molecular complexity index is 726. The molecule has 1 amide bonds. The van der Waals surface area contributed by atoms with E-state index in [1.54, 1.807) is 0 Å². The molecular formula is C21H29N3O. The fourth-order valence-electron chi connectivity index (χ4n) is 4.14. The van der Waals surface area contributed by atoms with Gasteiger partial charge in [0.25, 0.3) is 0 Å². The molecule has 0 unspecified atom stereocenters. The largest absolute Gasteiger partial charge is 0.355 e. The summed E-state index contributed by atoms with van der Waals surface area (Å²) >= 11 is 0. The summed E-state index contributed by atoms with van der Waals surface area (Å²) < 4.78 is 2.40. The van der Waals surface area contributed by atoms with Crippen LogP contribution in [0.3, 0.4) is 0 Å². The van der Waals surface area contributed by atoms with Gasteiger partial charge in [-0.1, -0.05) is 44.2 Å². The van der Waals surface area contributed by atoms with E-state index in [4.69, 9.17) is 4.98 Å². The van der Waals surface area contributed by atoms with Gasteiger partial charge in [-0.2, -0.15) is 0 Å². The Morgan fingerprint density at radius 3 is 2.72 bits per heavy atom. The van der Waals surface area contributed by atoms with E-state index in [9.17, 15) is 4.79 Å². The molecule has 0 aliphatic heterocycles. The van der Waals surface area contributed by atoms with Crippen LogP contribution in [0.15, 0.2) is 24.3 Å². The van der Waals surface area contributed by atoms with E-state index in [0.717, 1.165) is 43.1 Å². The third kappa shape index (κ3) is 4.05. The van der Waals surface area contributed by atoms with Crippen molar-refractivity contribution in [1.82, 2.24) is 14.9 Å². The molecule has 2 aromatic rings. The van der Waals surface area contributed by atoms with Gasteiger partial charge >= 0.3 is 0 Å². The van der Waals surface area contributed by atoms with Crippen LogP contribution in [0.4, 0.5) is 0 Å². The second kappa shape index (κ2) is 7.59. The first kappa shape index (κ1) is 16.6. The molecule has 0 spiro atoms. The maximum absolute atomic E-state index is 11.8. The van der Waals surface area contributed by atoms with Crippen molar-refractivity contribution in [3.8, 4) is 0 Å². The molecule has 25 heavy (non-hydrogen) atoms. The van der Waals surface area contributed by atoms with Gasteiger partial charge in [0.1, 0.15) is 5.82 Å². The quantitative estimate of drug-likeness (QED) is 0.826. The summed E-state index contributed by atoms with van der Waals surface area (Å²) in [7, 11) is 0. The summed E-state index contributed by atoms with van der Waals surface area (Å²) in [6, 6.07) is 8.42. The van der Waals surface area contributed by atoms with Crippen molar-refractivity contribution in [3.63, 3.8) is 0 Å². The van der Waals surface area contributed by atoms with E-state index >= 15 is 0 Å². The van der Waals surface area contributed by atoms with Crippen LogP contribution >= 0.6 is 0 Å². The van der Waals surface area contributed by atoms with Gasteiger partial charge in [0, 0.05) is 25.4 Å². The van der Waals surface area contributed by atoms with E-state index in [1.807, 2.05) is 0 Å². The highest BCUT2D eigenvalue weighted by Crippen LogP contribution is 2.29. The SMILES string of the molecule is O=C(NCCc1nc2ccccc2n1CCC1CCCCC1)C1CC1. The summed E-state index contributed by atoms with van der Waals surface area (Å²) in [6.07, 6.45) is 11.2. The number of nitrogens with one attached hydrogen (secondary N) is 1. The van der Waals surface area contributed by atoms with Gasteiger partial charge < -0.3 is 9.88 Å². The van der Waals surface area contributed by atoms with Crippen molar-refractivity contribution in [1.29, 1.82) is 0 Å². The molecule has 2 saturated carbocycles. The number of fused-ring (bicyclic) bond motifs is 1. The van der Waals surface area contributed by atoms with Gasteiger partial charge in [-0.15, -0.1) is 0 Å². The average Bonchev–Trinajstić information content (AvgIpc) is 3.44. The first-order valence-electron chi connectivity index (χ1n) is 10.0. The molecular weight excluding hydrogens is 310 g/mol. The third-order valence-electron chi connectivity index (χ3n) is 5.82. The van der Waals surface area contributed by atoms with Crippen molar-refractivity contribution in [3.05, 3.63) is 30.1 Å². The van der Waals surface area contributed by atoms with Crippen LogP contribution in [0.25, 0.3) is 11.0 Å². The lowest BCUT2D eigenvalue weighted by atomic mass is 9.87. The molecule has 4 heteroatoms. The number of para-hydroxylation sites is 2. The predicted octanol–water partition coefficient (Wildman–Crippen LogP) is 4.08. The summed E-state index contributed by atoms with van der Waals surface area (Å²) in [6.45, 7) is 1.75. The van der Waals surface area contributed by atoms with Crippen LogP contribution in [0.5, 0.6) is 0 Å². The Balaban J connectivity index is 1.43. The second-order valence-electron chi connectivity index (χ2n) is 7.78. The fourth-order valence-corrected chi connectivity index (χ4v) is 4.14. The molecule has 0 bridgehead atoms. The molecule has 4 nitrogen and oxygen atoms in total. The molecule has 0 atom stereocenters. The normalized spacial score (nSPS) is 18.6. The minimum atomic E-state index is 0.227. The summed E-state index contributed by atoms with van der Waals surface area (Å²) in [5, 5.41) is 3.08. The maximum atomic E-state index is 11.8. The van der Waals surface area contributed by atoms with Gasteiger partial charge in [-0.25, -0.2) is 4.98 Å². The summed E-state index contributed by atoms with van der Waals surface area (Å²) in [5.41, 5.74) is 2.32. The molecule has 1 heterocycles. The van der Waals surface area contributed by atoms with Crippen molar-refractivity contribution in [2.45, 2.75) is 64.3 Å². The molecule has 0 radical (unpaired) electrons. The molecule has 2 aliphatic carbocycles. The first-order chi connectivity index (χ1) is 12.3. The lowest BCUT2D eigenvalue weighted by Gasteiger charge is -2.22. The minimum Gasteiger partial charge on any atom is -0.355 e. The monoisotopic (exact) mass is 339 g/mol.